The summed E-state index contributed by atoms with van der Waals surface area (Å²) >= 11 is 2.94. The Hall–Kier alpha value is -1.27. The molecule has 0 aromatic carbocycles. The molecular weight excluding hydrogens is 256 g/mol. The normalized spacial score (nSPS) is 10.7. The Morgan fingerprint density at radius 2 is 2.41 bits per heavy atom. The number of hydrogen-bond acceptors (Lipinski definition) is 4. The molecule has 0 aliphatic rings. The van der Waals surface area contributed by atoms with E-state index < -0.39 is 5.97 Å². The molecule has 90 valence electrons. The first-order valence-electron chi connectivity index (χ1n) is 5.00. The second-order valence-corrected chi connectivity index (χ2v) is 5.81. The molecule has 2 rings (SSSR count). The summed E-state index contributed by atoms with van der Waals surface area (Å²) in [5, 5.41) is 9.84. The zero-order chi connectivity index (χ0) is 12.4. The van der Waals surface area contributed by atoms with Crippen LogP contribution in [0, 0.1) is 6.92 Å². The van der Waals surface area contributed by atoms with E-state index in [9.17, 15) is 4.79 Å². The van der Waals surface area contributed by atoms with Crippen LogP contribution in [-0.2, 0) is 12.8 Å². The summed E-state index contributed by atoms with van der Waals surface area (Å²) in [7, 11) is 1.94. The Kier molecular flexibility index (Phi) is 3.54. The van der Waals surface area contributed by atoms with Crippen LogP contribution in [0.25, 0.3) is 0 Å². The highest BCUT2D eigenvalue weighted by molar-refractivity contribution is 7.98. The molecule has 0 bridgehead atoms. The molecule has 0 aliphatic carbocycles. The number of thiophene rings is 1. The maximum atomic E-state index is 10.8. The molecule has 1 N–H and O–H groups in total. The molecule has 0 saturated carbocycles. The molecular formula is C11H12N2O2S2. The number of carboxylic acid groups (broad SMARTS) is 1. The molecule has 2 aromatic heterocycles. The standard InChI is InChI=1S/C11H12N2O2S2/c1-7-8(5-9(17-7)10(14)15)6-16-11-12-3-4-13(11)2/h3-5H,6H2,1-2H3,(H,14,15). The van der Waals surface area contributed by atoms with E-state index >= 15 is 0 Å². The minimum absolute atomic E-state index is 0.401. The molecule has 17 heavy (non-hydrogen) atoms. The predicted molar refractivity (Wildman–Crippen MR) is 68.8 cm³/mol. The fourth-order valence-electron chi connectivity index (χ4n) is 1.40. The monoisotopic (exact) mass is 268 g/mol. The van der Waals surface area contributed by atoms with Gasteiger partial charge in [-0.2, -0.15) is 0 Å². The highest BCUT2D eigenvalue weighted by atomic mass is 32.2. The molecule has 0 amide bonds. The second kappa shape index (κ2) is 4.93. The van der Waals surface area contributed by atoms with Crippen molar-refractivity contribution in [3.63, 3.8) is 0 Å². The predicted octanol–water partition coefficient (Wildman–Crippen LogP) is 2.78. The summed E-state index contributed by atoms with van der Waals surface area (Å²) in [6, 6.07) is 1.75. The summed E-state index contributed by atoms with van der Waals surface area (Å²) in [5.74, 6) is -0.105. The number of thioether (sulfide) groups is 1. The van der Waals surface area contributed by atoms with Crippen LogP contribution in [0.1, 0.15) is 20.1 Å². The third kappa shape index (κ3) is 2.70. The summed E-state index contributed by atoms with van der Waals surface area (Å²) in [5.41, 5.74) is 1.07. The van der Waals surface area contributed by atoms with E-state index in [2.05, 4.69) is 4.98 Å². The lowest BCUT2D eigenvalue weighted by molar-refractivity contribution is 0.0702. The molecule has 0 spiro atoms. The first-order chi connectivity index (χ1) is 8.08. The highest BCUT2D eigenvalue weighted by Crippen LogP contribution is 2.28. The van der Waals surface area contributed by atoms with Gasteiger partial charge in [0.2, 0.25) is 0 Å². The topological polar surface area (TPSA) is 55.1 Å². The SMILES string of the molecule is Cc1sc(C(=O)O)cc1CSc1nccn1C. The van der Waals surface area contributed by atoms with Crippen molar-refractivity contribution in [2.75, 3.05) is 0 Å². The van der Waals surface area contributed by atoms with Gasteiger partial charge < -0.3 is 9.67 Å². The van der Waals surface area contributed by atoms with Crippen molar-refractivity contribution in [3.05, 3.63) is 33.8 Å². The van der Waals surface area contributed by atoms with E-state index in [1.807, 2.05) is 24.7 Å². The van der Waals surface area contributed by atoms with Crippen molar-refractivity contribution >= 4 is 29.1 Å². The van der Waals surface area contributed by atoms with E-state index in [0.29, 0.717) is 4.88 Å². The summed E-state index contributed by atoms with van der Waals surface area (Å²) in [6.45, 7) is 1.95. The van der Waals surface area contributed by atoms with Gasteiger partial charge in [-0.05, 0) is 18.6 Å². The van der Waals surface area contributed by atoms with Crippen molar-refractivity contribution in [2.24, 2.45) is 7.05 Å². The summed E-state index contributed by atoms with van der Waals surface area (Å²) in [4.78, 5) is 16.5. The van der Waals surface area contributed by atoms with Gasteiger partial charge in [0.15, 0.2) is 5.16 Å². The van der Waals surface area contributed by atoms with Crippen molar-refractivity contribution in [3.8, 4) is 0 Å². The first-order valence-corrected chi connectivity index (χ1v) is 6.81. The summed E-state index contributed by atoms with van der Waals surface area (Å²) in [6.07, 6.45) is 3.65. The number of imidazole rings is 1. The van der Waals surface area contributed by atoms with Crippen LogP contribution < -0.4 is 0 Å². The van der Waals surface area contributed by atoms with Gasteiger partial charge in [0.25, 0.3) is 0 Å². The Labute approximate surface area is 107 Å². The Bertz CT molecular complexity index is 545. The van der Waals surface area contributed by atoms with Gasteiger partial charge in [-0.15, -0.1) is 11.3 Å². The average molecular weight is 268 g/mol. The van der Waals surface area contributed by atoms with Crippen LogP contribution in [0.4, 0.5) is 0 Å². The minimum atomic E-state index is -0.855. The molecule has 2 aromatic rings. The lowest BCUT2D eigenvalue weighted by atomic mass is 10.3. The number of aromatic carboxylic acids is 1. The number of aryl methyl sites for hydroxylation is 2. The maximum Gasteiger partial charge on any atom is 0.345 e. The van der Waals surface area contributed by atoms with Gasteiger partial charge in [-0.25, -0.2) is 9.78 Å². The zero-order valence-corrected chi connectivity index (χ0v) is 11.1. The number of nitrogens with zero attached hydrogens (tertiary/aromatic N) is 2. The van der Waals surface area contributed by atoms with Gasteiger partial charge >= 0.3 is 5.97 Å². The van der Waals surface area contributed by atoms with Crippen LogP contribution in [0.15, 0.2) is 23.6 Å². The Balaban J connectivity index is 2.09. The van der Waals surface area contributed by atoms with Crippen molar-refractivity contribution in [2.45, 2.75) is 17.8 Å². The van der Waals surface area contributed by atoms with Gasteiger partial charge in [-0.3, -0.25) is 0 Å². The number of rotatable bonds is 4. The molecule has 0 unspecified atom stereocenters. The van der Waals surface area contributed by atoms with E-state index in [1.54, 1.807) is 24.0 Å². The fraction of sp³-hybridized carbons (Fsp3) is 0.273. The van der Waals surface area contributed by atoms with Gasteiger partial charge in [-0.1, -0.05) is 11.8 Å². The third-order valence-electron chi connectivity index (χ3n) is 2.37. The Morgan fingerprint density at radius 1 is 1.65 bits per heavy atom. The molecule has 0 fully saturated rings. The Morgan fingerprint density at radius 3 is 2.94 bits per heavy atom. The number of carboxylic acids is 1. The number of aromatic nitrogens is 2. The second-order valence-electron chi connectivity index (χ2n) is 3.61. The fourth-order valence-corrected chi connectivity index (χ4v) is 3.36. The maximum absolute atomic E-state index is 10.8. The highest BCUT2D eigenvalue weighted by Gasteiger charge is 2.11. The molecule has 0 atom stereocenters. The lowest BCUT2D eigenvalue weighted by Crippen LogP contribution is -1.91. The van der Waals surface area contributed by atoms with Gasteiger partial charge in [0.1, 0.15) is 4.88 Å². The van der Waals surface area contributed by atoms with E-state index in [-0.39, 0.29) is 0 Å². The summed E-state index contributed by atoms with van der Waals surface area (Å²) < 4.78 is 1.95. The quantitative estimate of drug-likeness (QED) is 0.866. The van der Waals surface area contributed by atoms with Crippen molar-refractivity contribution in [1.82, 2.24) is 9.55 Å². The molecule has 2 heterocycles. The minimum Gasteiger partial charge on any atom is -0.477 e. The smallest absolute Gasteiger partial charge is 0.345 e. The molecule has 0 radical (unpaired) electrons. The van der Waals surface area contributed by atoms with Crippen molar-refractivity contribution < 1.29 is 9.90 Å². The zero-order valence-electron chi connectivity index (χ0n) is 9.51. The van der Waals surface area contributed by atoms with E-state index in [4.69, 9.17) is 5.11 Å². The lowest BCUT2D eigenvalue weighted by Gasteiger charge is -2.00. The van der Waals surface area contributed by atoms with Crippen LogP contribution in [0.2, 0.25) is 0 Å². The number of hydrogen-bond donors (Lipinski definition) is 1. The van der Waals surface area contributed by atoms with Gasteiger partial charge in [0.05, 0.1) is 0 Å². The molecule has 6 heteroatoms. The third-order valence-corrected chi connectivity index (χ3v) is 4.55. The largest absolute Gasteiger partial charge is 0.477 e. The van der Waals surface area contributed by atoms with Crippen LogP contribution in [0.3, 0.4) is 0 Å². The van der Waals surface area contributed by atoms with Crippen molar-refractivity contribution in [1.29, 1.82) is 0 Å². The molecule has 4 nitrogen and oxygen atoms in total. The molecule has 0 aliphatic heterocycles. The van der Waals surface area contributed by atoms with Crippen LogP contribution in [-0.4, -0.2) is 20.6 Å². The van der Waals surface area contributed by atoms with Crippen LogP contribution >= 0.6 is 23.1 Å². The van der Waals surface area contributed by atoms with E-state index in [1.165, 1.54) is 11.3 Å². The van der Waals surface area contributed by atoms with Crippen LogP contribution in [0.5, 0.6) is 0 Å². The number of carbonyl (C=O) groups is 1. The molecule has 0 saturated heterocycles. The van der Waals surface area contributed by atoms with E-state index in [0.717, 1.165) is 21.3 Å². The first kappa shape index (κ1) is 12.2. The van der Waals surface area contributed by atoms with Gasteiger partial charge in [0, 0.05) is 30.1 Å². The average Bonchev–Trinajstić information content (AvgIpc) is 2.82.